The molecule has 7 aromatic rings. The molecule has 0 fully saturated rings. The maximum absolute atomic E-state index is 7.41. The van der Waals surface area contributed by atoms with Crippen LogP contribution in [0.15, 0.2) is 114 Å². The van der Waals surface area contributed by atoms with Crippen LogP contribution >= 0.6 is 0 Å². The first-order valence-corrected chi connectivity index (χ1v) is 25.2. The molecule has 4 heteroatoms. The number of furan rings is 1. The lowest BCUT2D eigenvalue weighted by Crippen LogP contribution is -2.61. The van der Waals surface area contributed by atoms with Crippen molar-refractivity contribution >= 4 is 68.4 Å². The van der Waals surface area contributed by atoms with Crippen molar-refractivity contribution in [2.24, 2.45) is 0 Å². The van der Waals surface area contributed by atoms with Crippen LogP contribution in [0.4, 0.5) is 34.3 Å². The Kier molecular flexibility index (Phi) is 9.39. The van der Waals surface area contributed by atoms with Crippen LogP contribution < -0.4 is 26.2 Å². The maximum atomic E-state index is 7.41. The molecule has 0 spiro atoms. The van der Waals surface area contributed by atoms with E-state index in [1.807, 2.05) is 0 Å². The minimum Gasteiger partial charge on any atom is -0.440 e. The molecule has 67 heavy (non-hydrogen) atoms. The lowest BCUT2D eigenvalue weighted by molar-refractivity contribution is 0.332. The summed E-state index contributed by atoms with van der Waals surface area (Å²) in [5.74, 6) is 0.922. The Balaban J connectivity index is 1.31. The summed E-state index contributed by atoms with van der Waals surface area (Å²) in [6.07, 6.45) is 4.68. The summed E-state index contributed by atoms with van der Waals surface area (Å²) >= 11 is 0. The van der Waals surface area contributed by atoms with Gasteiger partial charge in [0.2, 0.25) is 5.88 Å². The summed E-state index contributed by atoms with van der Waals surface area (Å²) in [5, 5.41) is 1.20. The maximum Gasteiger partial charge on any atom is 0.257 e. The molecule has 3 nitrogen and oxygen atoms in total. The highest BCUT2D eigenvalue weighted by Gasteiger charge is 2.50. The second-order valence-corrected chi connectivity index (χ2v) is 25.7. The SMILES string of the molecule is Cc1ccc2oc3c(c2c1)B1c2cc4c(cc2N(c2ccc5c(c2)C(C)(C)CCC5(C)C)c2cc(C(C)(C)C)cc(c21)N3c1ccc(C(C)(C)C)cc1-c1ccccc1)C(C)(C)CCC4(C)C. The zero-order chi connectivity index (χ0) is 47.5. The van der Waals surface area contributed by atoms with Crippen molar-refractivity contribution in [3.8, 4) is 11.1 Å². The summed E-state index contributed by atoms with van der Waals surface area (Å²) in [5.41, 5.74) is 23.3. The van der Waals surface area contributed by atoms with Gasteiger partial charge in [-0.3, -0.25) is 4.90 Å². The van der Waals surface area contributed by atoms with Gasteiger partial charge in [0.15, 0.2) is 0 Å². The molecule has 3 heterocycles. The number of anilines is 6. The average Bonchev–Trinajstić information content (AvgIpc) is 3.64. The molecule has 1 aromatic heterocycles. The molecule has 0 saturated carbocycles. The summed E-state index contributed by atoms with van der Waals surface area (Å²) in [6, 6.07) is 42.9. The summed E-state index contributed by atoms with van der Waals surface area (Å²) in [4.78, 5) is 5.23. The van der Waals surface area contributed by atoms with Gasteiger partial charge < -0.3 is 9.32 Å². The molecule has 0 atom stereocenters. The van der Waals surface area contributed by atoms with Crippen LogP contribution in [0.3, 0.4) is 0 Å². The van der Waals surface area contributed by atoms with Crippen molar-refractivity contribution in [2.75, 3.05) is 9.80 Å². The number of aryl methyl sites for hydroxylation is 1. The van der Waals surface area contributed by atoms with Gasteiger partial charge in [-0.25, -0.2) is 0 Å². The van der Waals surface area contributed by atoms with Gasteiger partial charge >= 0.3 is 0 Å². The van der Waals surface area contributed by atoms with E-state index in [0.717, 1.165) is 30.0 Å². The highest BCUT2D eigenvalue weighted by molar-refractivity contribution is 7.01. The third-order valence-electron chi connectivity index (χ3n) is 17.0. The number of benzene rings is 6. The number of hydrogen-bond acceptors (Lipinski definition) is 3. The van der Waals surface area contributed by atoms with E-state index in [2.05, 4.69) is 223 Å². The monoisotopic (exact) mass is 883 g/mol. The van der Waals surface area contributed by atoms with Gasteiger partial charge in [-0.1, -0.05) is 157 Å². The number of nitrogens with zero attached hydrogens (tertiary/aromatic N) is 2. The first-order chi connectivity index (χ1) is 31.4. The van der Waals surface area contributed by atoms with E-state index in [9.17, 15) is 0 Å². The Hall–Kier alpha value is -5.48. The van der Waals surface area contributed by atoms with Gasteiger partial charge in [0.05, 0.1) is 5.69 Å². The minimum absolute atomic E-state index is 0.0311. The molecule has 342 valence electrons. The molecule has 6 aromatic carbocycles. The number of fused-ring (bicyclic) bond motifs is 8. The van der Waals surface area contributed by atoms with Crippen molar-refractivity contribution in [1.29, 1.82) is 0 Å². The molecule has 0 N–H and O–H groups in total. The van der Waals surface area contributed by atoms with Gasteiger partial charge in [-0.15, -0.1) is 0 Å². The average molecular weight is 883 g/mol. The zero-order valence-corrected chi connectivity index (χ0v) is 43.1. The Bertz CT molecular complexity index is 3180. The summed E-state index contributed by atoms with van der Waals surface area (Å²) in [6.45, 7) is 36.0. The standard InChI is InChI=1S/C63H71BN2O/c1-38-21-26-54-44(31-38)55-57(67-54)66(50-25-22-40(58(2,3)4)32-43(50)39-19-17-16-18-20-39)53-34-41(59(5,6)7)33-52-56(53)64(55)49-36-47-48(63(14,15)30-29-62(47,12)13)37-51(49)65(52)42-23-24-45-46(35-42)61(10,11)28-27-60(45,8)9/h16-26,31-37H,27-30H2,1-15H3. The largest absolute Gasteiger partial charge is 0.440 e. The normalized spacial score (nSPS) is 18.5. The van der Waals surface area contributed by atoms with Crippen LogP contribution in [0.2, 0.25) is 0 Å². The van der Waals surface area contributed by atoms with Gasteiger partial charge in [-0.2, -0.15) is 0 Å². The van der Waals surface area contributed by atoms with E-state index >= 15 is 0 Å². The van der Waals surface area contributed by atoms with Gasteiger partial charge in [0.1, 0.15) is 5.58 Å². The molecule has 0 radical (unpaired) electrons. The molecular weight excluding hydrogens is 812 g/mol. The first-order valence-electron chi connectivity index (χ1n) is 25.2. The van der Waals surface area contributed by atoms with Crippen LogP contribution in [-0.4, -0.2) is 6.71 Å². The predicted molar refractivity (Wildman–Crippen MR) is 288 cm³/mol. The van der Waals surface area contributed by atoms with E-state index in [-0.39, 0.29) is 39.2 Å². The van der Waals surface area contributed by atoms with Crippen LogP contribution in [0, 0.1) is 6.92 Å². The quantitative estimate of drug-likeness (QED) is 0.165. The molecule has 0 unspecified atom stereocenters. The van der Waals surface area contributed by atoms with Crippen LogP contribution in [0.25, 0.3) is 22.1 Å². The van der Waals surface area contributed by atoms with Crippen molar-refractivity contribution in [3.05, 3.63) is 148 Å². The Morgan fingerprint density at radius 1 is 0.493 bits per heavy atom. The fourth-order valence-corrected chi connectivity index (χ4v) is 12.4. The smallest absolute Gasteiger partial charge is 0.257 e. The van der Waals surface area contributed by atoms with Gasteiger partial charge in [0, 0.05) is 39.2 Å². The van der Waals surface area contributed by atoms with Crippen LogP contribution in [-0.2, 0) is 32.5 Å². The van der Waals surface area contributed by atoms with E-state index in [1.165, 1.54) is 107 Å². The highest BCUT2D eigenvalue weighted by atomic mass is 16.4. The van der Waals surface area contributed by atoms with Gasteiger partial charge in [-0.05, 0) is 170 Å². The van der Waals surface area contributed by atoms with E-state index < -0.39 is 0 Å². The van der Waals surface area contributed by atoms with Crippen molar-refractivity contribution in [1.82, 2.24) is 0 Å². The highest BCUT2D eigenvalue weighted by Crippen LogP contribution is 2.54. The second-order valence-electron chi connectivity index (χ2n) is 25.7. The molecule has 11 rings (SSSR count). The molecule has 4 aliphatic rings. The molecule has 0 bridgehead atoms. The van der Waals surface area contributed by atoms with Gasteiger partial charge in [0.25, 0.3) is 6.71 Å². The molecule has 2 aliphatic heterocycles. The van der Waals surface area contributed by atoms with Crippen LogP contribution in [0.1, 0.15) is 162 Å². The van der Waals surface area contributed by atoms with Crippen molar-refractivity contribution in [3.63, 3.8) is 0 Å². The van der Waals surface area contributed by atoms with Crippen molar-refractivity contribution < 1.29 is 4.42 Å². The summed E-state index contributed by atoms with van der Waals surface area (Å²) < 4.78 is 7.41. The van der Waals surface area contributed by atoms with Crippen LogP contribution in [0.5, 0.6) is 0 Å². The number of rotatable bonds is 3. The predicted octanol–water partition coefficient (Wildman–Crippen LogP) is 15.8. The first kappa shape index (κ1) is 44.1. The third kappa shape index (κ3) is 6.73. The topological polar surface area (TPSA) is 19.6 Å². The van der Waals surface area contributed by atoms with E-state index in [1.54, 1.807) is 0 Å². The Morgan fingerprint density at radius 2 is 1.07 bits per heavy atom. The van der Waals surface area contributed by atoms with Crippen molar-refractivity contribution in [2.45, 2.75) is 162 Å². The fraction of sp³-hybridized carbons (Fsp3) is 0.397. The molecule has 0 amide bonds. The number of hydrogen-bond donors (Lipinski definition) is 0. The molecule has 2 aliphatic carbocycles. The fourth-order valence-electron chi connectivity index (χ4n) is 12.4. The molecular formula is C63H71BN2O. The third-order valence-corrected chi connectivity index (χ3v) is 17.0. The second kappa shape index (κ2) is 14.3. The lowest BCUT2D eigenvalue weighted by Gasteiger charge is -2.47. The Morgan fingerprint density at radius 3 is 1.70 bits per heavy atom. The lowest BCUT2D eigenvalue weighted by atomic mass is 9.33. The molecule has 0 saturated heterocycles. The van der Waals surface area contributed by atoms with E-state index in [4.69, 9.17) is 4.42 Å². The zero-order valence-electron chi connectivity index (χ0n) is 43.1. The Labute approximate surface area is 402 Å². The minimum atomic E-state index is -0.147. The summed E-state index contributed by atoms with van der Waals surface area (Å²) in [7, 11) is 0. The van der Waals surface area contributed by atoms with E-state index in [0.29, 0.717) is 0 Å².